The van der Waals surface area contributed by atoms with E-state index in [1.54, 1.807) is 0 Å². The first-order valence-electron chi connectivity index (χ1n) is 10.3. The van der Waals surface area contributed by atoms with Crippen LogP contribution < -0.4 is 0 Å². The number of likely N-dealkylation sites (tertiary alicyclic amines) is 1. The Hall–Kier alpha value is -3.22. The van der Waals surface area contributed by atoms with Gasteiger partial charge in [0.25, 0.3) is 0 Å². The third-order valence-corrected chi connectivity index (χ3v) is 5.71. The minimum absolute atomic E-state index is 0.216. The van der Waals surface area contributed by atoms with Crippen molar-refractivity contribution in [3.05, 3.63) is 54.1 Å². The van der Waals surface area contributed by atoms with Gasteiger partial charge in [0.2, 0.25) is 5.91 Å². The Bertz CT molecular complexity index is 1170. The molecule has 1 aromatic carbocycles. The molecule has 7 nitrogen and oxygen atoms in total. The van der Waals surface area contributed by atoms with Gasteiger partial charge in [-0.3, -0.25) is 9.20 Å². The van der Waals surface area contributed by atoms with E-state index < -0.39 is 0 Å². The second kappa shape index (κ2) is 7.31. The van der Waals surface area contributed by atoms with Crippen LogP contribution >= 0.6 is 0 Å². The van der Waals surface area contributed by atoms with E-state index in [1.165, 1.54) is 12.0 Å². The van der Waals surface area contributed by atoms with E-state index in [1.807, 2.05) is 32.3 Å². The minimum Gasteiger partial charge on any atom is -0.343 e. The van der Waals surface area contributed by atoms with Gasteiger partial charge in [-0.2, -0.15) is 5.10 Å². The molecule has 3 aromatic heterocycles. The zero-order valence-electron chi connectivity index (χ0n) is 16.6. The largest absolute Gasteiger partial charge is 0.343 e. The van der Waals surface area contributed by atoms with E-state index in [2.05, 4.69) is 46.5 Å². The van der Waals surface area contributed by atoms with Crippen LogP contribution in [-0.4, -0.2) is 48.1 Å². The van der Waals surface area contributed by atoms with Gasteiger partial charge in [0, 0.05) is 43.9 Å². The van der Waals surface area contributed by atoms with Crippen molar-refractivity contribution in [2.45, 2.75) is 39.0 Å². The molecule has 0 unspecified atom stereocenters. The number of nitrogens with zero attached hydrogens (tertiary/aromatic N) is 6. The van der Waals surface area contributed by atoms with Crippen LogP contribution in [0.3, 0.4) is 0 Å². The van der Waals surface area contributed by atoms with Crippen molar-refractivity contribution < 1.29 is 4.79 Å². The van der Waals surface area contributed by atoms with Crippen molar-refractivity contribution in [3.8, 4) is 11.3 Å². The van der Waals surface area contributed by atoms with Crippen LogP contribution in [0.1, 0.15) is 37.1 Å². The van der Waals surface area contributed by atoms with Gasteiger partial charge in [0.05, 0.1) is 5.69 Å². The molecule has 29 heavy (non-hydrogen) atoms. The summed E-state index contributed by atoms with van der Waals surface area (Å²) in [7, 11) is 0. The van der Waals surface area contributed by atoms with Crippen LogP contribution in [0.2, 0.25) is 0 Å². The topological polar surface area (TPSA) is 67.8 Å². The summed E-state index contributed by atoms with van der Waals surface area (Å²) < 4.78 is 3.81. The van der Waals surface area contributed by atoms with Crippen LogP contribution in [-0.2, 0) is 11.2 Å². The Morgan fingerprint density at radius 3 is 2.62 bits per heavy atom. The quantitative estimate of drug-likeness (QED) is 0.538. The van der Waals surface area contributed by atoms with E-state index >= 15 is 0 Å². The van der Waals surface area contributed by atoms with Gasteiger partial charge >= 0.3 is 0 Å². The summed E-state index contributed by atoms with van der Waals surface area (Å²) in [6.07, 6.45) is 8.36. The lowest BCUT2D eigenvalue weighted by atomic mass is 10.1. The van der Waals surface area contributed by atoms with Crippen molar-refractivity contribution in [2.24, 2.45) is 0 Å². The average Bonchev–Trinajstić information content (AvgIpc) is 3.37. The maximum Gasteiger partial charge on any atom is 0.223 e. The lowest BCUT2D eigenvalue weighted by Crippen LogP contribution is -2.35. The fourth-order valence-electron chi connectivity index (χ4n) is 4.02. The van der Waals surface area contributed by atoms with E-state index in [-0.39, 0.29) is 5.91 Å². The van der Waals surface area contributed by atoms with Crippen molar-refractivity contribution in [1.82, 2.24) is 29.1 Å². The highest BCUT2D eigenvalue weighted by molar-refractivity contribution is 5.77. The molecule has 0 atom stereocenters. The van der Waals surface area contributed by atoms with Gasteiger partial charge < -0.3 is 4.90 Å². The molecular formula is C22H24N6O. The number of benzene rings is 1. The minimum atomic E-state index is 0.216. The normalized spacial score (nSPS) is 14.7. The van der Waals surface area contributed by atoms with E-state index in [4.69, 9.17) is 0 Å². The monoisotopic (exact) mass is 388 g/mol. The van der Waals surface area contributed by atoms with Gasteiger partial charge in [-0.25, -0.2) is 4.52 Å². The number of aromatic nitrogens is 5. The number of hydrogen-bond donors (Lipinski definition) is 0. The van der Waals surface area contributed by atoms with Crippen molar-refractivity contribution >= 4 is 17.1 Å². The Morgan fingerprint density at radius 1 is 1.03 bits per heavy atom. The SMILES string of the molecule is Cc1ccc(-c2cc3c4nnc(CCC(=O)N5CCCCC5)n4ccn3n2)cc1. The number of hydrogen-bond acceptors (Lipinski definition) is 4. The molecule has 0 N–H and O–H groups in total. The zero-order valence-corrected chi connectivity index (χ0v) is 16.6. The Morgan fingerprint density at radius 2 is 1.83 bits per heavy atom. The summed E-state index contributed by atoms with van der Waals surface area (Å²) in [6, 6.07) is 10.4. The molecule has 4 heterocycles. The van der Waals surface area contributed by atoms with Gasteiger partial charge in [0.15, 0.2) is 5.65 Å². The number of carbonyl (C=O) groups is 1. The fourth-order valence-corrected chi connectivity index (χ4v) is 4.02. The number of piperidine rings is 1. The molecule has 0 radical (unpaired) electrons. The first-order valence-corrected chi connectivity index (χ1v) is 10.3. The van der Waals surface area contributed by atoms with Crippen LogP contribution in [0.5, 0.6) is 0 Å². The van der Waals surface area contributed by atoms with Gasteiger partial charge in [-0.05, 0) is 32.3 Å². The molecule has 7 heteroatoms. The van der Waals surface area contributed by atoms with Crippen LogP contribution in [0.15, 0.2) is 42.7 Å². The summed E-state index contributed by atoms with van der Waals surface area (Å²) >= 11 is 0. The summed E-state index contributed by atoms with van der Waals surface area (Å²) in [5.41, 5.74) is 4.87. The zero-order chi connectivity index (χ0) is 19.8. The third kappa shape index (κ3) is 3.37. The molecule has 4 aromatic rings. The Labute approximate surface area is 169 Å². The molecule has 5 rings (SSSR count). The maximum absolute atomic E-state index is 12.5. The lowest BCUT2D eigenvalue weighted by molar-refractivity contribution is -0.132. The third-order valence-electron chi connectivity index (χ3n) is 5.71. The van der Waals surface area contributed by atoms with Crippen LogP contribution in [0.4, 0.5) is 0 Å². The molecule has 0 aliphatic carbocycles. The van der Waals surface area contributed by atoms with Gasteiger partial charge in [-0.15, -0.1) is 10.2 Å². The molecule has 1 aliphatic heterocycles. The molecule has 1 aliphatic rings. The molecule has 148 valence electrons. The molecular weight excluding hydrogens is 364 g/mol. The molecule has 1 saturated heterocycles. The Kier molecular flexibility index (Phi) is 4.50. The Balaban J connectivity index is 1.41. The van der Waals surface area contributed by atoms with E-state index in [9.17, 15) is 4.79 Å². The molecule has 0 saturated carbocycles. The number of rotatable bonds is 4. The average molecular weight is 388 g/mol. The van der Waals surface area contributed by atoms with Crippen molar-refractivity contribution in [2.75, 3.05) is 13.1 Å². The molecule has 0 spiro atoms. The highest BCUT2D eigenvalue weighted by atomic mass is 16.2. The number of fused-ring (bicyclic) bond motifs is 3. The fraction of sp³-hybridized carbons (Fsp3) is 0.364. The van der Waals surface area contributed by atoms with Crippen molar-refractivity contribution in [3.63, 3.8) is 0 Å². The predicted molar refractivity (Wildman–Crippen MR) is 111 cm³/mol. The lowest BCUT2D eigenvalue weighted by Gasteiger charge is -2.26. The molecule has 0 bridgehead atoms. The summed E-state index contributed by atoms with van der Waals surface area (Å²) in [6.45, 7) is 3.85. The highest BCUT2D eigenvalue weighted by Crippen LogP contribution is 2.22. The number of amides is 1. The summed E-state index contributed by atoms with van der Waals surface area (Å²) in [5, 5.41) is 13.4. The number of carbonyl (C=O) groups excluding carboxylic acids is 1. The second-order valence-electron chi connectivity index (χ2n) is 7.77. The number of aryl methyl sites for hydroxylation is 2. The summed E-state index contributed by atoms with van der Waals surface area (Å²) in [5.74, 6) is 1.03. The predicted octanol–water partition coefficient (Wildman–Crippen LogP) is 3.30. The molecule has 1 amide bonds. The van der Waals surface area contributed by atoms with E-state index in [0.717, 1.165) is 54.2 Å². The first kappa shape index (κ1) is 17.8. The smallest absolute Gasteiger partial charge is 0.223 e. The molecule has 1 fully saturated rings. The van der Waals surface area contributed by atoms with Gasteiger partial charge in [-0.1, -0.05) is 29.8 Å². The van der Waals surface area contributed by atoms with E-state index in [0.29, 0.717) is 12.8 Å². The van der Waals surface area contributed by atoms with Gasteiger partial charge in [0.1, 0.15) is 11.3 Å². The first-order chi connectivity index (χ1) is 14.2. The van der Waals surface area contributed by atoms with Crippen LogP contribution in [0, 0.1) is 6.92 Å². The maximum atomic E-state index is 12.5. The summed E-state index contributed by atoms with van der Waals surface area (Å²) in [4.78, 5) is 14.5. The van der Waals surface area contributed by atoms with Crippen molar-refractivity contribution in [1.29, 1.82) is 0 Å². The standard InChI is InChI=1S/C22H24N6O/c1-16-5-7-17(8-6-16)18-15-19-22-24-23-20(27(22)13-14-28(19)25-18)9-10-21(29)26-11-3-2-4-12-26/h5-8,13-15H,2-4,9-12H2,1H3. The van der Waals surface area contributed by atoms with Crippen LogP contribution in [0.25, 0.3) is 22.4 Å². The highest BCUT2D eigenvalue weighted by Gasteiger charge is 2.18. The second-order valence-corrected chi connectivity index (χ2v) is 7.77.